The highest BCUT2D eigenvalue weighted by Gasteiger charge is 2.29. The second-order valence-corrected chi connectivity index (χ2v) is 5.62. The Morgan fingerprint density at radius 1 is 0.875 bits per heavy atom. The third-order valence-electron chi connectivity index (χ3n) is 3.86. The van der Waals surface area contributed by atoms with Gasteiger partial charge in [-0.2, -0.15) is 13.2 Å². The van der Waals surface area contributed by atoms with Crippen LogP contribution >= 0.6 is 0 Å². The van der Waals surface area contributed by atoms with E-state index in [-0.39, 0.29) is 0 Å². The third kappa shape index (κ3) is 8.16. The van der Waals surface area contributed by atoms with Crippen molar-refractivity contribution in [2.75, 3.05) is 19.6 Å². The molecule has 0 unspecified atom stereocenters. The van der Waals surface area contributed by atoms with Crippen LogP contribution < -0.4 is 4.90 Å². The Morgan fingerprint density at radius 2 is 1.50 bits per heavy atom. The molecule has 0 saturated carbocycles. The molecule has 0 atom stereocenters. The van der Waals surface area contributed by atoms with E-state index in [0.29, 0.717) is 6.42 Å². The van der Waals surface area contributed by atoms with Crippen LogP contribution in [0.2, 0.25) is 0 Å². The van der Waals surface area contributed by atoms with Gasteiger partial charge < -0.3 is 4.90 Å². The second-order valence-electron chi connectivity index (χ2n) is 5.62. The lowest BCUT2D eigenvalue weighted by Crippen LogP contribution is -3.11. The van der Waals surface area contributed by atoms with Crippen LogP contribution in [0.15, 0.2) is 60.7 Å². The van der Waals surface area contributed by atoms with Gasteiger partial charge in [0.15, 0.2) is 0 Å². The molecule has 0 aromatic heterocycles. The van der Waals surface area contributed by atoms with Crippen molar-refractivity contribution < 1.29 is 18.1 Å². The fraction of sp³-hybridized carbons (Fsp3) is 0.400. The summed E-state index contributed by atoms with van der Waals surface area (Å²) in [5.74, 6) is 0. The molecule has 0 radical (unpaired) electrons. The lowest BCUT2D eigenvalue weighted by Gasteiger charge is -2.11. The van der Waals surface area contributed by atoms with Gasteiger partial charge in [0.05, 0.1) is 25.2 Å². The maximum absolute atomic E-state index is 12.5. The molecule has 0 fully saturated rings. The van der Waals surface area contributed by atoms with Crippen molar-refractivity contribution in [1.82, 2.24) is 0 Å². The number of allylic oxidation sites excluding steroid dienone is 5. The fourth-order valence-corrected chi connectivity index (χ4v) is 2.23. The number of rotatable bonds is 9. The van der Waals surface area contributed by atoms with Crippen molar-refractivity contribution in [3.63, 3.8) is 0 Å². The molecular weight excluding hydrogens is 311 g/mol. The molecule has 1 nitrogen and oxygen atoms in total. The van der Waals surface area contributed by atoms with Gasteiger partial charge >= 0.3 is 6.18 Å². The van der Waals surface area contributed by atoms with Gasteiger partial charge in [-0.15, -0.1) is 0 Å². The predicted molar refractivity (Wildman–Crippen MR) is 94.1 cm³/mol. The molecule has 1 rings (SSSR count). The highest BCUT2D eigenvalue weighted by molar-refractivity contribution is 5.26. The van der Waals surface area contributed by atoms with Crippen molar-refractivity contribution in [3.8, 4) is 0 Å². The van der Waals surface area contributed by atoms with E-state index in [0.717, 1.165) is 43.8 Å². The second kappa shape index (κ2) is 10.9. The van der Waals surface area contributed by atoms with Gasteiger partial charge in [0, 0.05) is 0 Å². The summed E-state index contributed by atoms with van der Waals surface area (Å²) in [7, 11) is 0. The van der Waals surface area contributed by atoms with Crippen molar-refractivity contribution in [3.05, 3.63) is 71.8 Å². The molecular formula is C20H27F3N+. The molecule has 0 heterocycles. The predicted octanol–water partition coefficient (Wildman–Crippen LogP) is 4.23. The van der Waals surface area contributed by atoms with E-state index >= 15 is 0 Å². The highest BCUT2D eigenvalue weighted by atomic mass is 19.4. The molecule has 0 aliphatic rings. The number of hydrogen-bond donors (Lipinski definition) is 1. The molecule has 1 aromatic carbocycles. The Kier molecular flexibility index (Phi) is 9.16. The molecule has 1 N–H and O–H groups in total. The number of alkyl halides is 3. The van der Waals surface area contributed by atoms with E-state index in [1.165, 1.54) is 12.1 Å². The summed E-state index contributed by atoms with van der Waals surface area (Å²) in [5.41, 5.74) is 0.267. The molecule has 0 bridgehead atoms. The quantitative estimate of drug-likeness (QED) is 0.508. The zero-order chi connectivity index (χ0) is 17.8. The Morgan fingerprint density at radius 3 is 2.08 bits per heavy atom. The van der Waals surface area contributed by atoms with Gasteiger partial charge in [0.1, 0.15) is 0 Å². The van der Waals surface area contributed by atoms with Crippen LogP contribution in [0, 0.1) is 0 Å². The van der Waals surface area contributed by atoms with Gasteiger partial charge in [-0.25, -0.2) is 0 Å². The monoisotopic (exact) mass is 338 g/mol. The van der Waals surface area contributed by atoms with Crippen molar-refractivity contribution in [2.24, 2.45) is 0 Å². The van der Waals surface area contributed by atoms with E-state index in [4.69, 9.17) is 0 Å². The summed E-state index contributed by atoms with van der Waals surface area (Å²) in [6, 6.07) is 5.30. The van der Waals surface area contributed by atoms with Crippen LogP contribution in [-0.4, -0.2) is 19.6 Å². The lowest BCUT2D eigenvalue weighted by atomic mass is 10.1. The number of quaternary nitrogens is 1. The summed E-state index contributed by atoms with van der Waals surface area (Å²) >= 11 is 0. The minimum absolute atomic E-state index is 0.603. The molecule has 0 aliphatic heterocycles. The first kappa shape index (κ1) is 20.2. The van der Waals surface area contributed by atoms with Crippen LogP contribution in [0.1, 0.15) is 31.4 Å². The number of likely N-dealkylation sites (N-methyl/N-ethyl adjacent to an activating group) is 1. The van der Waals surface area contributed by atoms with Crippen molar-refractivity contribution in [1.29, 1.82) is 0 Å². The molecule has 132 valence electrons. The molecule has 0 spiro atoms. The molecule has 0 amide bonds. The topological polar surface area (TPSA) is 4.44 Å². The Hall–Kier alpha value is -1.81. The zero-order valence-electron chi connectivity index (χ0n) is 14.4. The molecule has 1 aromatic rings. The summed E-state index contributed by atoms with van der Waals surface area (Å²) in [4.78, 5) is 1.56. The minimum Gasteiger partial charge on any atom is -0.332 e. The molecule has 0 saturated heterocycles. The molecule has 24 heavy (non-hydrogen) atoms. The van der Waals surface area contributed by atoms with E-state index < -0.39 is 11.7 Å². The standard InChI is InChI=1S/C20H26F3N/c1-3-24(4-2)17-11-9-7-5-6-8-10-12-18-13-15-19(16-14-18)20(21,22)23/h5-6,8-11,13-16H,3-4,7,12,17H2,1-2H3/p+1/b6-5-,10-8-,11-9-. The lowest BCUT2D eigenvalue weighted by molar-refractivity contribution is -0.890. The molecule has 4 heteroatoms. The van der Waals surface area contributed by atoms with Gasteiger partial charge in [-0.05, 0) is 50.5 Å². The highest BCUT2D eigenvalue weighted by Crippen LogP contribution is 2.29. The minimum atomic E-state index is -4.27. The van der Waals surface area contributed by atoms with Crippen LogP contribution in [-0.2, 0) is 12.6 Å². The summed E-state index contributed by atoms with van der Waals surface area (Å²) < 4.78 is 37.4. The van der Waals surface area contributed by atoms with Crippen LogP contribution in [0.4, 0.5) is 13.2 Å². The Balaban J connectivity index is 2.29. The van der Waals surface area contributed by atoms with E-state index in [1.807, 2.05) is 18.2 Å². The largest absolute Gasteiger partial charge is 0.416 e. The molecule has 0 aliphatic carbocycles. The first-order valence-corrected chi connectivity index (χ1v) is 8.43. The number of hydrogen-bond acceptors (Lipinski definition) is 0. The van der Waals surface area contributed by atoms with Crippen LogP contribution in [0.25, 0.3) is 0 Å². The van der Waals surface area contributed by atoms with E-state index in [9.17, 15) is 13.2 Å². The van der Waals surface area contributed by atoms with Crippen LogP contribution in [0.3, 0.4) is 0 Å². The average molecular weight is 338 g/mol. The van der Waals surface area contributed by atoms with Gasteiger partial charge in [0.25, 0.3) is 0 Å². The average Bonchev–Trinajstić information content (AvgIpc) is 2.56. The van der Waals surface area contributed by atoms with Gasteiger partial charge in [-0.1, -0.05) is 42.5 Å². The first-order chi connectivity index (χ1) is 11.5. The summed E-state index contributed by atoms with van der Waals surface area (Å²) in [6.07, 6.45) is 9.54. The zero-order valence-corrected chi connectivity index (χ0v) is 14.4. The third-order valence-corrected chi connectivity index (χ3v) is 3.86. The van der Waals surface area contributed by atoms with Crippen molar-refractivity contribution in [2.45, 2.75) is 32.9 Å². The van der Waals surface area contributed by atoms with Crippen LogP contribution in [0.5, 0.6) is 0 Å². The number of benzene rings is 1. The first-order valence-electron chi connectivity index (χ1n) is 8.43. The van der Waals surface area contributed by atoms with E-state index in [2.05, 4.69) is 32.1 Å². The maximum atomic E-state index is 12.5. The van der Waals surface area contributed by atoms with Gasteiger partial charge in [-0.3, -0.25) is 0 Å². The Labute approximate surface area is 143 Å². The maximum Gasteiger partial charge on any atom is 0.416 e. The number of nitrogens with one attached hydrogen (secondary N) is 1. The van der Waals surface area contributed by atoms with Crippen molar-refractivity contribution >= 4 is 0 Å². The number of halogens is 3. The summed E-state index contributed by atoms with van der Waals surface area (Å²) in [6.45, 7) is 7.72. The van der Waals surface area contributed by atoms with E-state index in [1.54, 1.807) is 4.90 Å². The van der Waals surface area contributed by atoms with Gasteiger partial charge in [0.2, 0.25) is 0 Å². The summed E-state index contributed by atoms with van der Waals surface area (Å²) in [5, 5.41) is 0. The normalized spacial score (nSPS) is 13.1. The SMILES string of the molecule is CC[NH+](CC)C/C=C\C/C=C\C=C/Cc1ccc(C(F)(F)F)cc1. The Bertz CT molecular complexity index is 535. The fourth-order valence-electron chi connectivity index (χ4n) is 2.23. The smallest absolute Gasteiger partial charge is 0.332 e.